The summed E-state index contributed by atoms with van der Waals surface area (Å²) < 4.78 is 107. The first-order chi connectivity index (χ1) is 20.7. The van der Waals surface area contributed by atoms with Gasteiger partial charge in [0, 0.05) is 0 Å². The SMILES string of the molecule is O/C(=C\C(=[OH+])c1ccccc1)C(F)(F)F.O/C(=C\C(=[OH+])c1ccccc1)C(F)(F)F.O/C(=C\C(=[OH+])c1ccccc1)C(F)(F)F.[Ru+3]. The minimum atomic E-state index is -4.84. The fourth-order valence-electron chi connectivity index (χ4n) is 2.71. The average Bonchev–Trinajstić information content (AvgIpc) is 2.97. The van der Waals surface area contributed by atoms with E-state index in [4.69, 9.17) is 15.3 Å². The number of alkyl halides is 9. The summed E-state index contributed by atoms with van der Waals surface area (Å²) in [4.78, 5) is 27.7. The van der Waals surface area contributed by atoms with Crippen molar-refractivity contribution < 1.29 is 88.7 Å². The summed E-state index contributed by atoms with van der Waals surface area (Å²) in [6.45, 7) is 0. The molecule has 0 saturated carbocycles. The molecule has 3 rings (SSSR count). The van der Waals surface area contributed by atoms with E-state index in [-0.39, 0.29) is 54.4 Å². The van der Waals surface area contributed by atoms with E-state index < -0.39 is 53.2 Å². The minimum Gasteiger partial charge on any atom is -0.504 e. The molecule has 0 spiro atoms. The largest absolute Gasteiger partial charge is 3.00 e. The second-order valence-electron chi connectivity index (χ2n) is 8.34. The summed E-state index contributed by atoms with van der Waals surface area (Å²) in [7, 11) is 0. The molecule has 245 valence electrons. The molecule has 3 aromatic carbocycles. The third-order valence-electron chi connectivity index (χ3n) is 4.90. The van der Waals surface area contributed by atoms with Crippen molar-refractivity contribution in [2.45, 2.75) is 18.5 Å². The summed E-state index contributed by atoms with van der Waals surface area (Å²) in [6, 6.07) is 22.9. The predicted molar refractivity (Wildman–Crippen MR) is 148 cm³/mol. The van der Waals surface area contributed by atoms with Gasteiger partial charge in [-0.25, -0.2) is 0 Å². The Kier molecular flexibility index (Phi) is 16.4. The fraction of sp³-hybridized carbons (Fsp3) is 0.100. The van der Waals surface area contributed by atoms with E-state index in [9.17, 15) is 53.9 Å². The number of halogens is 9. The van der Waals surface area contributed by atoms with Gasteiger partial charge < -0.3 is 15.3 Å². The van der Waals surface area contributed by atoms with Crippen molar-refractivity contribution in [1.82, 2.24) is 0 Å². The van der Waals surface area contributed by atoms with Gasteiger partial charge in [-0.2, -0.15) is 39.5 Å². The zero-order valence-corrected chi connectivity index (χ0v) is 24.6. The maximum absolute atomic E-state index is 11.9. The van der Waals surface area contributed by atoms with Gasteiger partial charge in [0.15, 0.2) is 0 Å². The Morgan fingerprint density at radius 2 is 0.587 bits per heavy atom. The Bertz CT molecular complexity index is 1330. The summed E-state index contributed by atoms with van der Waals surface area (Å²) in [5.41, 5.74) is 0.606. The van der Waals surface area contributed by atoms with E-state index in [1.165, 1.54) is 36.4 Å². The van der Waals surface area contributed by atoms with E-state index in [1.54, 1.807) is 54.6 Å². The number of rotatable bonds is 6. The van der Waals surface area contributed by atoms with Crippen LogP contribution in [0.5, 0.6) is 0 Å². The number of carbonyl (C=O) groups excluding carboxylic acids is 3. The van der Waals surface area contributed by atoms with E-state index in [1.807, 2.05) is 0 Å². The summed E-state index contributed by atoms with van der Waals surface area (Å²) >= 11 is 0. The molecule has 0 fully saturated rings. The van der Waals surface area contributed by atoms with Crippen LogP contribution in [0.25, 0.3) is 0 Å². The molecular weight excluding hydrogens is 728 g/mol. The van der Waals surface area contributed by atoms with Gasteiger partial charge >= 0.3 is 55.4 Å². The van der Waals surface area contributed by atoms with Gasteiger partial charge in [0.2, 0.25) is 17.3 Å². The monoisotopic (exact) mass is 753 g/mol. The first-order valence-electron chi connectivity index (χ1n) is 12.0. The van der Waals surface area contributed by atoms with Crippen LogP contribution in [0.4, 0.5) is 39.5 Å². The van der Waals surface area contributed by atoms with Crippen LogP contribution in [0.3, 0.4) is 0 Å². The van der Waals surface area contributed by atoms with Crippen molar-refractivity contribution in [1.29, 1.82) is 0 Å². The third kappa shape index (κ3) is 15.3. The Labute approximate surface area is 267 Å². The minimum absolute atomic E-state index is 0. The van der Waals surface area contributed by atoms with Gasteiger partial charge in [0.1, 0.15) is 0 Å². The third-order valence-corrected chi connectivity index (χ3v) is 4.90. The van der Waals surface area contributed by atoms with E-state index in [0.717, 1.165) is 0 Å². The van der Waals surface area contributed by atoms with Crippen molar-refractivity contribution in [2.75, 3.05) is 0 Å². The Balaban J connectivity index is 0.000000653. The first kappa shape index (κ1) is 41.3. The van der Waals surface area contributed by atoms with Crippen LogP contribution < -0.4 is 0 Å². The quantitative estimate of drug-likeness (QED) is 0.0596. The molecule has 0 atom stereocenters. The molecule has 0 bridgehead atoms. The van der Waals surface area contributed by atoms with Gasteiger partial charge in [0.05, 0.1) is 34.9 Å². The Morgan fingerprint density at radius 3 is 0.739 bits per heavy atom. The molecule has 46 heavy (non-hydrogen) atoms. The fourth-order valence-corrected chi connectivity index (χ4v) is 2.71. The molecular formula is C30H24F9O6Ru+6. The average molecular weight is 753 g/mol. The number of aliphatic hydroxyl groups is 3. The molecule has 0 unspecified atom stereocenters. The van der Waals surface area contributed by atoms with E-state index in [0.29, 0.717) is 0 Å². The van der Waals surface area contributed by atoms with Gasteiger partial charge in [-0.15, -0.1) is 0 Å². The van der Waals surface area contributed by atoms with Crippen molar-refractivity contribution in [2.24, 2.45) is 0 Å². The van der Waals surface area contributed by atoms with Crippen molar-refractivity contribution in [3.05, 3.63) is 143 Å². The molecule has 1 radical (unpaired) electrons. The molecule has 0 heterocycles. The number of hydrogen-bond acceptors (Lipinski definition) is 3. The predicted octanol–water partition coefficient (Wildman–Crippen LogP) is 7.75. The topological polar surface area (TPSA) is 125 Å². The molecule has 0 amide bonds. The normalized spacial score (nSPS) is 12.3. The van der Waals surface area contributed by atoms with Crippen LogP contribution >= 0.6 is 0 Å². The summed E-state index contributed by atoms with van der Waals surface area (Å²) in [6.07, 6.45) is -13.7. The van der Waals surface area contributed by atoms with Crippen LogP contribution in [0.1, 0.15) is 16.7 Å². The van der Waals surface area contributed by atoms with Crippen LogP contribution in [-0.4, -0.2) is 65.6 Å². The zero-order chi connectivity index (χ0) is 34.4. The summed E-state index contributed by atoms with van der Waals surface area (Å²) in [5.74, 6) is -7.39. The molecule has 0 aliphatic carbocycles. The molecule has 0 aromatic heterocycles. The van der Waals surface area contributed by atoms with Crippen molar-refractivity contribution in [3.8, 4) is 0 Å². The van der Waals surface area contributed by atoms with E-state index >= 15 is 0 Å². The van der Waals surface area contributed by atoms with Gasteiger partial charge in [-0.1, -0.05) is 54.6 Å². The second kappa shape index (κ2) is 18.3. The number of benzene rings is 3. The van der Waals surface area contributed by atoms with Crippen LogP contribution in [0.15, 0.2) is 127 Å². The van der Waals surface area contributed by atoms with Crippen LogP contribution in [0.2, 0.25) is 0 Å². The number of allylic oxidation sites excluding steroid dienone is 6. The van der Waals surface area contributed by atoms with E-state index in [2.05, 4.69) is 0 Å². The molecule has 0 saturated heterocycles. The maximum atomic E-state index is 11.9. The second-order valence-corrected chi connectivity index (χ2v) is 8.34. The van der Waals surface area contributed by atoms with Crippen LogP contribution in [-0.2, 0) is 19.5 Å². The van der Waals surface area contributed by atoms with Gasteiger partial charge in [-0.05, 0) is 36.4 Å². The van der Waals surface area contributed by atoms with Crippen molar-refractivity contribution >= 4 is 17.3 Å². The van der Waals surface area contributed by atoms with Gasteiger partial charge in [-0.3, -0.25) is 14.4 Å². The zero-order valence-electron chi connectivity index (χ0n) is 22.8. The number of ketones is 3. The number of aliphatic hydroxyl groups excluding tert-OH is 3. The molecule has 0 aliphatic heterocycles. The van der Waals surface area contributed by atoms with Gasteiger partial charge in [0.25, 0.3) is 0 Å². The maximum Gasteiger partial charge on any atom is 3.00 e. The first-order valence-corrected chi connectivity index (χ1v) is 12.0. The molecule has 6 nitrogen and oxygen atoms in total. The Hall–Kier alpha value is -4.72. The molecule has 6 N–H and O–H groups in total. The standard InChI is InChI=1S/3C10H7F3O2.Ru/c3*11-10(12,13)9(15)6-8(14)7-4-2-1-3-5-7;/h3*1-6,15H;/q;;;+3/p+3/b3*9-6-;. The molecule has 3 aromatic rings. The number of hydrogen-bond donors (Lipinski definition) is 3. The van der Waals surface area contributed by atoms with Crippen molar-refractivity contribution in [3.63, 3.8) is 0 Å². The molecule has 16 heteroatoms. The molecule has 0 aliphatic rings. The summed E-state index contributed by atoms with van der Waals surface area (Å²) in [5, 5.41) is 25.7. The van der Waals surface area contributed by atoms with Crippen LogP contribution in [0, 0.1) is 0 Å². The smallest absolute Gasteiger partial charge is 0.504 e. The Morgan fingerprint density at radius 1 is 0.413 bits per heavy atom.